The molecule has 0 bridgehead atoms. The minimum Gasteiger partial charge on any atom is -0.480 e. The normalized spacial score (nSPS) is 39.0. The monoisotopic (exact) mass is 316 g/mol. The molecule has 120 valence electrons. The van der Waals surface area contributed by atoms with Crippen LogP contribution in [0.1, 0.15) is 38.5 Å². The van der Waals surface area contributed by atoms with Crippen molar-refractivity contribution in [2.24, 2.45) is 0 Å². The molecule has 0 amide bonds. The topological polar surface area (TPSA) is 86.7 Å². The lowest BCUT2D eigenvalue weighted by Crippen LogP contribution is -2.52. The lowest BCUT2D eigenvalue weighted by atomic mass is 9.97. The Labute approximate surface area is 125 Å². The summed E-state index contributed by atoms with van der Waals surface area (Å²) in [7, 11) is -0.948. The summed E-state index contributed by atoms with van der Waals surface area (Å²) in [6.45, 7) is 0. The van der Waals surface area contributed by atoms with Gasteiger partial charge in [0, 0.05) is 18.1 Å². The fraction of sp³-hybridized carbons (Fsp3) is 0.929. The molecule has 3 fully saturated rings. The van der Waals surface area contributed by atoms with E-state index in [-0.39, 0.29) is 23.6 Å². The van der Waals surface area contributed by atoms with Crippen molar-refractivity contribution in [1.29, 1.82) is 0 Å². The van der Waals surface area contributed by atoms with E-state index in [0.717, 1.165) is 19.3 Å². The smallest absolute Gasteiger partial charge is 0.323 e. The van der Waals surface area contributed by atoms with Gasteiger partial charge in [0.15, 0.2) is 9.84 Å². The maximum absolute atomic E-state index is 11.7. The van der Waals surface area contributed by atoms with E-state index in [4.69, 9.17) is 0 Å². The van der Waals surface area contributed by atoms with E-state index in [1.807, 2.05) is 7.05 Å². The quantitative estimate of drug-likeness (QED) is 0.755. The fourth-order valence-electron chi connectivity index (χ4n) is 3.77. The van der Waals surface area contributed by atoms with Crippen LogP contribution in [0.15, 0.2) is 0 Å². The van der Waals surface area contributed by atoms with E-state index in [9.17, 15) is 18.3 Å². The molecule has 0 spiro atoms. The van der Waals surface area contributed by atoms with Crippen LogP contribution >= 0.6 is 0 Å². The summed E-state index contributed by atoms with van der Waals surface area (Å²) in [4.78, 5) is 13.8. The molecule has 0 aromatic carbocycles. The van der Waals surface area contributed by atoms with Gasteiger partial charge in [-0.1, -0.05) is 0 Å². The Kier molecular flexibility index (Phi) is 3.78. The van der Waals surface area contributed by atoms with Crippen LogP contribution in [-0.4, -0.2) is 66.6 Å². The van der Waals surface area contributed by atoms with Crippen molar-refractivity contribution in [2.75, 3.05) is 18.6 Å². The highest BCUT2D eigenvalue weighted by atomic mass is 32.2. The van der Waals surface area contributed by atoms with Gasteiger partial charge in [0.25, 0.3) is 0 Å². The number of nitrogens with zero attached hydrogens (tertiary/aromatic N) is 1. The van der Waals surface area contributed by atoms with Gasteiger partial charge in [-0.3, -0.25) is 15.0 Å². The van der Waals surface area contributed by atoms with E-state index in [0.29, 0.717) is 25.3 Å². The molecule has 2 aliphatic carbocycles. The summed E-state index contributed by atoms with van der Waals surface area (Å²) in [6.07, 6.45) is 4.83. The van der Waals surface area contributed by atoms with Gasteiger partial charge in [-0.05, 0) is 45.6 Å². The number of aliphatic carboxylic acids is 1. The number of carbonyl (C=O) groups is 1. The first-order valence-electron chi connectivity index (χ1n) is 7.75. The van der Waals surface area contributed by atoms with Crippen molar-refractivity contribution < 1.29 is 18.3 Å². The number of carboxylic acids is 1. The zero-order valence-corrected chi connectivity index (χ0v) is 13.2. The lowest BCUT2D eigenvalue weighted by Gasteiger charge is -2.32. The van der Waals surface area contributed by atoms with E-state index in [2.05, 4.69) is 10.2 Å². The minimum absolute atomic E-state index is 0.0468. The minimum atomic E-state index is -2.90. The molecule has 3 aliphatic rings. The van der Waals surface area contributed by atoms with Gasteiger partial charge in [-0.15, -0.1) is 0 Å². The number of sulfone groups is 1. The molecule has 3 unspecified atom stereocenters. The summed E-state index contributed by atoms with van der Waals surface area (Å²) in [5.74, 6) is -0.278. The average molecular weight is 316 g/mol. The second kappa shape index (κ2) is 5.21. The molecule has 21 heavy (non-hydrogen) atoms. The van der Waals surface area contributed by atoms with Gasteiger partial charge < -0.3 is 5.11 Å². The molecule has 0 radical (unpaired) electrons. The second-order valence-electron chi connectivity index (χ2n) is 6.92. The zero-order valence-electron chi connectivity index (χ0n) is 12.4. The van der Waals surface area contributed by atoms with Crippen molar-refractivity contribution in [1.82, 2.24) is 10.2 Å². The molecule has 0 aromatic rings. The molecular weight excluding hydrogens is 292 g/mol. The van der Waals surface area contributed by atoms with Crippen LogP contribution in [0.3, 0.4) is 0 Å². The molecule has 3 atom stereocenters. The fourth-order valence-corrected chi connectivity index (χ4v) is 5.55. The van der Waals surface area contributed by atoms with Crippen molar-refractivity contribution in [3.05, 3.63) is 0 Å². The number of hydrogen-bond donors (Lipinski definition) is 2. The molecule has 1 heterocycles. The van der Waals surface area contributed by atoms with Crippen LogP contribution in [0.4, 0.5) is 0 Å². The summed E-state index contributed by atoms with van der Waals surface area (Å²) in [6, 6.07) is 0.563. The van der Waals surface area contributed by atoms with Crippen LogP contribution in [-0.2, 0) is 14.6 Å². The highest BCUT2D eigenvalue weighted by Crippen LogP contribution is 2.37. The van der Waals surface area contributed by atoms with Crippen molar-refractivity contribution >= 4 is 15.8 Å². The van der Waals surface area contributed by atoms with Gasteiger partial charge >= 0.3 is 5.97 Å². The van der Waals surface area contributed by atoms with Gasteiger partial charge in [0.1, 0.15) is 5.54 Å². The van der Waals surface area contributed by atoms with Gasteiger partial charge in [-0.25, -0.2) is 8.42 Å². The number of nitrogens with one attached hydrogen (secondary N) is 1. The first-order chi connectivity index (χ1) is 9.81. The Bertz CT molecular complexity index is 531. The summed E-state index contributed by atoms with van der Waals surface area (Å²) < 4.78 is 23.2. The average Bonchev–Trinajstić information content (AvgIpc) is 2.97. The number of carboxylic acid groups (broad SMARTS) is 1. The SMILES string of the molecule is CN(C1CCC(NC2CC2)(C(=O)O)C1)C1CCS(=O)(=O)C1. The molecule has 0 aromatic heterocycles. The van der Waals surface area contributed by atoms with Gasteiger partial charge in [0.2, 0.25) is 0 Å². The molecule has 2 N–H and O–H groups in total. The molecule has 6 nitrogen and oxygen atoms in total. The largest absolute Gasteiger partial charge is 0.480 e. The highest BCUT2D eigenvalue weighted by Gasteiger charge is 2.50. The second-order valence-corrected chi connectivity index (χ2v) is 9.15. The molecule has 1 aliphatic heterocycles. The number of rotatable bonds is 5. The Morgan fingerprint density at radius 2 is 1.95 bits per heavy atom. The Morgan fingerprint density at radius 1 is 1.24 bits per heavy atom. The molecule has 7 heteroatoms. The predicted molar refractivity (Wildman–Crippen MR) is 79.0 cm³/mol. The van der Waals surface area contributed by atoms with E-state index < -0.39 is 21.3 Å². The summed E-state index contributed by atoms with van der Waals surface area (Å²) in [5, 5.41) is 12.9. The first kappa shape index (κ1) is 15.2. The number of hydrogen-bond acceptors (Lipinski definition) is 5. The maximum atomic E-state index is 11.7. The summed E-state index contributed by atoms with van der Waals surface area (Å²) in [5.41, 5.74) is -0.808. The molecule has 1 saturated heterocycles. The van der Waals surface area contributed by atoms with Crippen LogP contribution < -0.4 is 5.32 Å². The Hall–Kier alpha value is -0.660. The van der Waals surface area contributed by atoms with Crippen molar-refractivity contribution in [3.8, 4) is 0 Å². The van der Waals surface area contributed by atoms with Crippen molar-refractivity contribution in [3.63, 3.8) is 0 Å². The standard InChI is InChI=1S/C14H24N2O4S/c1-16(12-5-7-21(19,20)9-12)11-4-6-14(8-11,13(17)18)15-10-2-3-10/h10-12,15H,2-9H2,1H3,(H,17,18). The molecule has 2 saturated carbocycles. The summed E-state index contributed by atoms with van der Waals surface area (Å²) >= 11 is 0. The van der Waals surface area contributed by atoms with Gasteiger partial charge in [-0.2, -0.15) is 0 Å². The third kappa shape index (κ3) is 3.10. The van der Waals surface area contributed by atoms with Crippen LogP contribution in [0.2, 0.25) is 0 Å². The third-order valence-electron chi connectivity index (χ3n) is 5.32. The molecule has 3 rings (SSSR count). The first-order valence-corrected chi connectivity index (χ1v) is 9.57. The van der Waals surface area contributed by atoms with Crippen LogP contribution in [0.25, 0.3) is 0 Å². The van der Waals surface area contributed by atoms with Crippen LogP contribution in [0.5, 0.6) is 0 Å². The Balaban J connectivity index is 1.66. The van der Waals surface area contributed by atoms with E-state index >= 15 is 0 Å². The highest BCUT2D eigenvalue weighted by molar-refractivity contribution is 7.91. The van der Waals surface area contributed by atoms with Crippen LogP contribution in [0, 0.1) is 0 Å². The maximum Gasteiger partial charge on any atom is 0.323 e. The van der Waals surface area contributed by atoms with Crippen molar-refractivity contribution in [2.45, 2.75) is 62.2 Å². The van der Waals surface area contributed by atoms with Gasteiger partial charge in [0.05, 0.1) is 11.5 Å². The zero-order chi connectivity index (χ0) is 15.3. The third-order valence-corrected chi connectivity index (χ3v) is 7.07. The Morgan fingerprint density at radius 3 is 2.48 bits per heavy atom. The lowest BCUT2D eigenvalue weighted by molar-refractivity contribution is -0.145. The van der Waals surface area contributed by atoms with E-state index in [1.54, 1.807) is 0 Å². The predicted octanol–water partition coefficient (Wildman–Crippen LogP) is 0.233. The molecular formula is C14H24N2O4S. The van der Waals surface area contributed by atoms with E-state index in [1.165, 1.54) is 0 Å².